The van der Waals surface area contributed by atoms with Crippen molar-refractivity contribution in [2.45, 2.75) is 33.0 Å². The predicted molar refractivity (Wildman–Crippen MR) is 65.4 cm³/mol. The van der Waals surface area contributed by atoms with Crippen LogP contribution >= 0.6 is 0 Å². The average molecular weight is 275 g/mol. The molecule has 19 heavy (non-hydrogen) atoms. The van der Waals surface area contributed by atoms with Gasteiger partial charge in [0.25, 0.3) is 0 Å². The number of aromatic nitrogens is 2. The lowest BCUT2D eigenvalue weighted by molar-refractivity contribution is -0.131. The van der Waals surface area contributed by atoms with Gasteiger partial charge in [0.1, 0.15) is 17.5 Å². The molecule has 0 aromatic carbocycles. The lowest BCUT2D eigenvalue weighted by Crippen LogP contribution is -2.15. The van der Waals surface area contributed by atoms with E-state index in [0.29, 0.717) is 6.54 Å². The van der Waals surface area contributed by atoms with Crippen LogP contribution in [0, 0.1) is 17.2 Å². The van der Waals surface area contributed by atoms with E-state index in [-0.39, 0.29) is 29.7 Å². The Bertz CT molecular complexity index is 470. The number of nitriles is 1. The van der Waals surface area contributed by atoms with Gasteiger partial charge >= 0.3 is 6.18 Å². The molecule has 0 aliphatic heterocycles. The summed E-state index contributed by atoms with van der Waals surface area (Å²) in [5.41, 5.74) is 5.82. The molecule has 0 saturated heterocycles. The fourth-order valence-corrected chi connectivity index (χ4v) is 1.52. The van der Waals surface area contributed by atoms with E-state index < -0.39 is 12.6 Å². The smallest absolute Gasteiger partial charge is 0.383 e. The summed E-state index contributed by atoms with van der Waals surface area (Å²) in [6.45, 7) is 4.06. The van der Waals surface area contributed by atoms with E-state index in [2.05, 4.69) is 10.4 Å². The van der Waals surface area contributed by atoms with Gasteiger partial charge in [-0.15, -0.1) is 0 Å². The SMILES string of the molecule is CC(C)Cn1nc(NCCC(F)(F)F)c(C#N)c1N. The minimum atomic E-state index is -4.24. The first-order valence-corrected chi connectivity index (χ1v) is 5.81. The second kappa shape index (κ2) is 5.82. The molecule has 0 bridgehead atoms. The summed E-state index contributed by atoms with van der Waals surface area (Å²) >= 11 is 0. The highest BCUT2D eigenvalue weighted by molar-refractivity contribution is 5.63. The third kappa shape index (κ3) is 4.35. The van der Waals surface area contributed by atoms with Crippen LogP contribution in [0.25, 0.3) is 0 Å². The molecule has 1 aromatic rings. The molecular formula is C11H16F3N5. The molecular weight excluding hydrogens is 259 g/mol. The zero-order valence-electron chi connectivity index (χ0n) is 10.8. The number of anilines is 2. The summed E-state index contributed by atoms with van der Waals surface area (Å²) in [7, 11) is 0. The molecule has 3 N–H and O–H groups in total. The van der Waals surface area contributed by atoms with Crippen molar-refractivity contribution in [3.05, 3.63) is 5.56 Å². The minimum absolute atomic E-state index is 0.0859. The van der Waals surface area contributed by atoms with Gasteiger partial charge in [-0.25, -0.2) is 4.68 Å². The van der Waals surface area contributed by atoms with Crippen molar-refractivity contribution in [1.82, 2.24) is 9.78 Å². The Morgan fingerprint density at radius 1 is 1.47 bits per heavy atom. The maximum atomic E-state index is 12.0. The summed E-state index contributed by atoms with van der Waals surface area (Å²) in [5, 5.41) is 15.5. The summed E-state index contributed by atoms with van der Waals surface area (Å²) in [6.07, 6.45) is -5.24. The Balaban J connectivity index is 2.81. The fourth-order valence-electron chi connectivity index (χ4n) is 1.52. The quantitative estimate of drug-likeness (QED) is 0.864. The second-order valence-corrected chi connectivity index (χ2v) is 4.59. The Morgan fingerprint density at radius 2 is 2.11 bits per heavy atom. The Morgan fingerprint density at radius 3 is 2.58 bits per heavy atom. The molecule has 1 aromatic heterocycles. The van der Waals surface area contributed by atoms with E-state index in [9.17, 15) is 13.2 Å². The minimum Gasteiger partial charge on any atom is -0.383 e. The van der Waals surface area contributed by atoms with Gasteiger partial charge in [0.05, 0.1) is 6.42 Å². The van der Waals surface area contributed by atoms with Crippen molar-refractivity contribution in [2.24, 2.45) is 5.92 Å². The third-order valence-electron chi connectivity index (χ3n) is 2.34. The molecule has 0 aliphatic rings. The van der Waals surface area contributed by atoms with E-state index in [0.717, 1.165) is 0 Å². The van der Waals surface area contributed by atoms with Gasteiger partial charge < -0.3 is 11.1 Å². The van der Waals surface area contributed by atoms with Gasteiger partial charge in [-0.1, -0.05) is 13.8 Å². The Hall–Kier alpha value is -1.91. The van der Waals surface area contributed by atoms with Crippen LogP contribution in [0.3, 0.4) is 0 Å². The van der Waals surface area contributed by atoms with Crippen molar-refractivity contribution < 1.29 is 13.2 Å². The van der Waals surface area contributed by atoms with Gasteiger partial charge in [-0.3, -0.25) is 0 Å². The number of alkyl halides is 3. The first-order valence-electron chi connectivity index (χ1n) is 5.81. The number of nitrogens with two attached hydrogens (primary N) is 1. The highest BCUT2D eigenvalue weighted by Crippen LogP contribution is 2.23. The standard InChI is InChI=1S/C11H16F3N5/c1-7(2)6-19-9(16)8(5-15)10(18-19)17-4-3-11(12,13)14/h7H,3-4,6,16H2,1-2H3,(H,17,18). The van der Waals surface area contributed by atoms with Crippen molar-refractivity contribution in [2.75, 3.05) is 17.6 Å². The molecule has 5 nitrogen and oxygen atoms in total. The molecule has 8 heteroatoms. The molecule has 0 spiro atoms. The molecule has 1 heterocycles. The third-order valence-corrected chi connectivity index (χ3v) is 2.34. The number of nitrogen functional groups attached to an aromatic ring is 1. The summed E-state index contributed by atoms with van der Waals surface area (Å²) in [5.74, 6) is 0.535. The van der Waals surface area contributed by atoms with Gasteiger partial charge in [-0.05, 0) is 5.92 Å². The van der Waals surface area contributed by atoms with E-state index in [1.807, 2.05) is 19.9 Å². The Labute approximate surface area is 109 Å². The van der Waals surface area contributed by atoms with Crippen LogP contribution < -0.4 is 11.1 Å². The van der Waals surface area contributed by atoms with Crippen LogP contribution in [-0.4, -0.2) is 22.5 Å². The zero-order chi connectivity index (χ0) is 14.6. The van der Waals surface area contributed by atoms with Gasteiger partial charge in [0, 0.05) is 13.1 Å². The molecule has 106 valence electrons. The number of nitrogens with one attached hydrogen (secondary N) is 1. The summed E-state index contributed by atoms with van der Waals surface area (Å²) in [4.78, 5) is 0. The van der Waals surface area contributed by atoms with E-state index >= 15 is 0 Å². The van der Waals surface area contributed by atoms with Crippen LogP contribution in [0.15, 0.2) is 0 Å². The average Bonchev–Trinajstić information content (AvgIpc) is 2.53. The normalized spacial score (nSPS) is 11.6. The largest absolute Gasteiger partial charge is 0.390 e. The first kappa shape index (κ1) is 15.1. The lowest BCUT2D eigenvalue weighted by Gasteiger charge is -2.07. The molecule has 0 fully saturated rings. The van der Waals surface area contributed by atoms with Crippen LogP contribution in [0.2, 0.25) is 0 Å². The van der Waals surface area contributed by atoms with Crippen LogP contribution in [0.1, 0.15) is 25.8 Å². The monoisotopic (exact) mass is 275 g/mol. The highest BCUT2D eigenvalue weighted by Gasteiger charge is 2.26. The number of nitrogens with zero attached hydrogens (tertiary/aromatic N) is 3. The van der Waals surface area contributed by atoms with Crippen molar-refractivity contribution in [1.29, 1.82) is 5.26 Å². The van der Waals surface area contributed by atoms with Crippen LogP contribution in [0.5, 0.6) is 0 Å². The van der Waals surface area contributed by atoms with E-state index in [1.54, 1.807) is 0 Å². The van der Waals surface area contributed by atoms with Crippen molar-refractivity contribution >= 4 is 11.6 Å². The summed E-state index contributed by atoms with van der Waals surface area (Å²) < 4.78 is 37.6. The zero-order valence-corrected chi connectivity index (χ0v) is 10.8. The molecule has 0 amide bonds. The lowest BCUT2D eigenvalue weighted by atomic mass is 10.2. The number of rotatable bonds is 5. The van der Waals surface area contributed by atoms with Gasteiger partial charge in [-0.2, -0.15) is 23.5 Å². The number of hydrogen-bond donors (Lipinski definition) is 2. The van der Waals surface area contributed by atoms with Crippen LogP contribution in [-0.2, 0) is 6.54 Å². The molecule has 0 radical (unpaired) electrons. The molecule has 0 aliphatic carbocycles. The van der Waals surface area contributed by atoms with Crippen molar-refractivity contribution in [3.63, 3.8) is 0 Å². The molecule has 0 saturated carbocycles. The maximum absolute atomic E-state index is 12.0. The number of hydrogen-bond acceptors (Lipinski definition) is 4. The Kier molecular flexibility index (Phi) is 4.64. The predicted octanol–water partition coefficient (Wildman–Crippen LogP) is 2.36. The van der Waals surface area contributed by atoms with Crippen LogP contribution in [0.4, 0.5) is 24.8 Å². The highest BCUT2D eigenvalue weighted by atomic mass is 19.4. The topological polar surface area (TPSA) is 79.7 Å². The number of halogens is 3. The molecule has 1 rings (SSSR count). The maximum Gasteiger partial charge on any atom is 0.390 e. The molecule has 0 unspecified atom stereocenters. The van der Waals surface area contributed by atoms with E-state index in [1.165, 1.54) is 4.68 Å². The first-order chi connectivity index (χ1) is 8.74. The van der Waals surface area contributed by atoms with Gasteiger partial charge in [0.15, 0.2) is 5.82 Å². The second-order valence-electron chi connectivity index (χ2n) is 4.59. The van der Waals surface area contributed by atoms with Crippen molar-refractivity contribution in [3.8, 4) is 6.07 Å². The molecule has 0 atom stereocenters. The summed E-state index contributed by atoms with van der Waals surface area (Å²) in [6, 6.07) is 1.85. The fraction of sp³-hybridized carbons (Fsp3) is 0.636. The van der Waals surface area contributed by atoms with E-state index in [4.69, 9.17) is 11.0 Å². The van der Waals surface area contributed by atoms with Gasteiger partial charge in [0.2, 0.25) is 0 Å².